The molecule has 3 heterocycles. The van der Waals surface area contributed by atoms with Crippen molar-refractivity contribution in [3.05, 3.63) is 59.3 Å². The average molecular weight is 416 g/mol. The van der Waals surface area contributed by atoms with Crippen LogP contribution in [-0.2, 0) is 11.2 Å². The molecule has 1 amide bonds. The molecule has 1 fully saturated rings. The lowest BCUT2D eigenvalue weighted by Crippen LogP contribution is -2.43. The third-order valence-corrected chi connectivity index (χ3v) is 6.33. The van der Waals surface area contributed by atoms with Crippen molar-refractivity contribution in [1.29, 1.82) is 0 Å². The maximum atomic E-state index is 12.9. The van der Waals surface area contributed by atoms with Crippen molar-refractivity contribution in [2.24, 2.45) is 5.92 Å². The number of hydrogen-bond acceptors (Lipinski definition) is 3. The number of piperidine rings is 1. The molecule has 0 saturated carbocycles. The molecule has 1 atom stereocenters. The Morgan fingerprint density at radius 3 is 2.90 bits per heavy atom. The maximum Gasteiger partial charge on any atom is 0.224 e. The van der Waals surface area contributed by atoms with Crippen molar-refractivity contribution in [2.75, 3.05) is 24.5 Å². The largest absolute Gasteiger partial charge is 0.361 e. The van der Waals surface area contributed by atoms with Crippen LogP contribution in [0.15, 0.2) is 42.6 Å². The number of H-pyrrole nitrogens is 2. The Morgan fingerprint density at radius 2 is 2.00 bits per heavy atom. The van der Waals surface area contributed by atoms with Gasteiger partial charge in [-0.3, -0.25) is 4.79 Å². The van der Waals surface area contributed by atoms with Crippen molar-refractivity contribution in [2.45, 2.75) is 33.1 Å². The van der Waals surface area contributed by atoms with Crippen LogP contribution in [0.5, 0.6) is 0 Å². The van der Waals surface area contributed by atoms with Gasteiger partial charge in [-0.25, -0.2) is 4.98 Å². The summed E-state index contributed by atoms with van der Waals surface area (Å²) in [7, 11) is 0. The van der Waals surface area contributed by atoms with E-state index in [4.69, 9.17) is 4.98 Å². The zero-order valence-electron chi connectivity index (χ0n) is 18.2. The van der Waals surface area contributed by atoms with E-state index in [9.17, 15) is 4.79 Å². The van der Waals surface area contributed by atoms with Crippen LogP contribution in [0.3, 0.4) is 0 Å². The highest BCUT2D eigenvalue weighted by Gasteiger charge is 2.27. The number of benzene rings is 2. The van der Waals surface area contributed by atoms with E-state index in [0.29, 0.717) is 13.1 Å². The van der Waals surface area contributed by atoms with Crippen molar-refractivity contribution in [3.8, 4) is 0 Å². The Kier molecular flexibility index (Phi) is 5.14. The van der Waals surface area contributed by atoms with Crippen LogP contribution in [0.1, 0.15) is 29.5 Å². The molecule has 6 heteroatoms. The monoisotopic (exact) mass is 415 g/mol. The summed E-state index contributed by atoms with van der Waals surface area (Å²) < 4.78 is 0. The summed E-state index contributed by atoms with van der Waals surface area (Å²) in [4.78, 5) is 26.6. The summed E-state index contributed by atoms with van der Waals surface area (Å²) in [5, 5.41) is 4.41. The topological polar surface area (TPSA) is 76.8 Å². The number of rotatable bonds is 5. The number of imidazole rings is 1. The molecule has 1 unspecified atom stereocenters. The van der Waals surface area contributed by atoms with Crippen LogP contribution in [-0.4, -0.2) is 40.5 Å². The van der Waals surface area contributed by atoms with Gasteiger partial charge >= 0.3 is 0 Å². The Balaban J connectivity index is 1.20. The molecule has 6 nitrogen and oxygen atoms in total. The predicted molar refractivity (Wildman–Crippen MR) is 126 cm³/mol. The van der Waals surface area contributed by atoms with E-state index in [1.807, 2.05) is 6.07 Å². The smallest absolute Gasteiger partial charge is 0.224 e. The molecule has 4 aromatic rings. The van der Waals surface area contributed by atoms with Crippen LogP contribution >= 0.6 is 0 Å². The van der Waals surface area contributed by atoms with Gasteiger partial charge in [0.1, 0.15) is 0 Å². The summed E-state index contributed by atoms with van der Waals surface area (Å²) in [6.45, 7) is 6.48. The first-order chi connectivity index (χ1) is 15.1. The normalized spacial score (nSPS) is 16.8. The van der Waals surface area contributed by atoms with E-state index < -0.39 is 0 Å². The highest BCUT2D eigenvalue weighted by atomic mass is 16.1. The molecule has 1 aliphatic heterocycles. The molecule has 0 spiro atoms. The van der Waals surface area contributed by atoms with E-state index in [2.05, 4.69) is 70.6 Å². The van der Waals surface area contributed by atoms with E-state index in [1.165, 1.54) is 22.1 Å². The van der Waals surface area contributed by atoms with Crippen LogP contribution in [0.25, 0.3) is 21.9 Å². The summed E-state index contributed by atoms with van der Waals surface area (Å²) in [6.07, 6.45) is 4.81. The average Bonchev–Trinajstić information content (AvgIpc) is 3.37. The Hall–Kier alpha value is -3.28. The molecule has 160 valence electrons. The van der Waals surface area contributed by atoms with Gasteiger partial charge in [0, 0.05) is 36.7 Å². The van der Waals surface area contributed by atoms with Gasteiger partial charge in [0.05, 0.1) is 17.0 Å². The quantitative estimate of drug-likeness (QED) is 0.456. The molecule has 31 heavy (non-hydrogen) atoms. The van der Waals surface area contributed by atoms with Gasteiger partial charge in [-0.15, -0.1) is 0 Å². The molecule has 1 saturated heterocycles. The fraction of sp³-hybridized carbons (Fsp3) is 0.360. The fourth-order valence-corrected chi connectivity index (χ4v) is 4.61. The lowest BCUT2D eigenvalue weighted by Gasteiger charge is -2.31. The second kappa shape index (κ2) is 8.10. The molecule has 2 aromatic heterocycles. The molecular weight excluding hydrogens is 386 g/mol. The summed E-state index contributed by atoms with van der Waals surface area (Å²) >= 11 is 0. The van der Waals surface area contributed by atoms with E-state index in [1.54, 1.807) is 0 Å². The van der Waals surface area contributed by atoms with E-state index in [0.717, 1.165) is 48.3 Å². The van der Waals surface area contributed by atoms with Crippen molar-refractivity contribution < 1.29 is 4.79 Å². The molecular formula is C25H29N5O. The van der Waals surface area contributed by atoms with Gasteiger partial charge in [0.25, 0.3) is 0 Å². The highest BCUT2D eigenvalue weighted by Crippen LogP contribution is 2.24. The Morgan fingerprint density at radius 1 is 1.16 bits per heavy atom. The summed E-state index contributed by atoms with van der Waals surface area (Å²) in [6, 6.07) is 12.7. The van der Waals surface area contributed by atoms with Gasteiger partial charge in [-0.1, -0.05) is 17.7 Å². The van der Waals surface area contributed by atoms with Gasteiger partial charge in [-0.05, 0) is 68.5 Å². The highest BCUT2D eigenvalue weighted by molar-refractivity contribution is 5.84. The lowest BCUT2D eigenvalue weighted by molar-refractivity contribution is -0.125. The van der Waals surface area contributed by atoms with E-state index in [-0.39, 0.29) is 11.8 Å². The number of anilines is 1. The van der Waals surface area contributed by atoms with Gasteiger partial charge in [0.15, 0.2) is 0 Å². The first-order valence-corrected chi connectivity index (χ1v) is 11.1. The minimum Gasteiger partial charge on any atom is -0.361 e. The molecule has 1 aliphatic rings. The Labute approximate surface area is 182 Å². The minimum absolute atomic E-state index is 0.00564. The second-order valence-electron chi connectivity index (χ2n) is 8.77. The van der Waals surface area contributed by atoms with Gasteiger partial charge < -0.3 is 20.2 Å². The summed E-state index contributed by atoms with van der Waals surface area (Å²) in [5.41, 5.74) is 6.89. The number of aromatic amines is 2. The van der Waals surface area contributed by atoms with Gasteiger partial charge in [-0.2, -0.15) is 0 Å². The first kappa shape index (κ1) is 19.7. The fourth-order valence-electron chi connectivity index (χ4n) is 4.61. The SMILES string of the molecule is Cc1ccc2nc(N3CCCC(C(=O)NCCc4c[nH]c5ccc(C)cc45)C3)[nH]c2c1. The van der Waals surface area contributed by atoms with E-state index >= 15 is 0 Å². The number of aromatic nitrogens is 3. The molecule has 3 N–H and O–H groups in total. The molecule has 0 bridgehead atoms. The maximum absolute atomic E-state index is 12.9. The second-order valence-corrected chi connectivity index (χ2v) is 8.77. The standard InChI is InChI=1S/C25H29N5O/c1-16-5-7-21-20(12-16)18(14-27-21)9-10-26-24(31)19-4-3-11-30(15-19)25-28-22-8-6-17(2)13-23(22)29-25/h5-8,12-14,19,27H,3-4,9-11,15H2,1-2H3,(H,26,31)(H,28,29). The van der Waals surface area contributed by atoms with Crippen molar-refractivity contribution >= 4 is 33.8 Å². The minimum atomic E-state index is -0.00564. The summed E-state index contributed by atoms with van der Waals surface area (Å²) in [5.74, 6) is 1.01. The molecule has 5 rings (SSSR count). The Bertz CT molecular complexity index is 1240. The number of carbonyl (C=O) groups excluding carboxylic acids is 1. The number of nitrogens with one attached hydrogen (secondary N) is 3. The third-order valence-electron chi connectivity index (χ3n) is 6.33. The molecule has 0 aliphatic carbocycles. The van der Waals surface area contributed by atoms with Crippen LogP contribution in [0, 0.1) is 19.8 Å². The number of aryl methyl sites for hydroxylation is 2. The van der Waals surface area contributed by atoms with Crippen LogP contribution < -0.4 is 10.2 Å². The molecule has 0 radical (unpaired) electrons. The molecule has 2 aromatic carbocycles. The van der Waals surface area contributed by atoms with Crippen molar-refractivity contribution in [1.82, 2.24) is 20.3 Å². The van der Waals surface area contributed by atoms with Crippen molar-refractivity contribution in [3.63, 3.8) is 0 Å². The number of carbonyl (C=O) groups is 1. The first-order valence-electron chi connectivity index (χ1n) is 11.1. The predicted octanol–water partition coefficient (Wildman–Crippen LogP) is 4.24. The zero-order chi connectivity index (χ0) is 21.4. The number of hydrogen-bond donors (Lipinski definition) is 3. The van der Waals surface area contributed by atoms with Crippen LogP contribution in [0.2, 0.25) is 0 Å². The zero-order valence-corrected chi connectivity index (χ0v) is 18.2. The van der Waals surface area contributed by atoms with Gasteiger partial charge in [0.2, 0.25) is 11.9 Å². The number of nitrogens with zero attached hydrogens (tertiary/aromatic N) is 2. The number of amides is 1. The lowest BCUT2D eigenvalue weighted by atomic mass is 9.97. The third kappa shape index (κ3) is 4.02. The number of fused-ring (bicyclic) bond motifs is 2. The van der Waals surface area contributed by atoms with Crippen LogP contribution in [0.4, 0.5) is 5.95 Å².